The molecule has 4 aliphatic carbocycles. The maximum atomic E-state index is 5.64. The van der Waals surface area contributed by atoms with Crippen molar-refractivity contribution in [2.24, 2.45) is 29.0 Å². The highest BCUT2D eigenvalue weighted by Gasteiger charge is 2.52. The fourth-order valence-electron chi connectivity index (χ4n) is 4.88. The molecular weight excluding hydrogens is 172 g/mol. The smallest absolute Gasteiger partial charge is 0.0238 e. The van der Waals surface area contributed by atoms with E-state index >= 15 is 0 Å². The second-order valence-electron chi connectivity index (χ2n) is 6.17. The number of hydrazine groups is 1. The summed E-state index contributed by atoms with van der Waals surface area (Å²) in [6.07, 6.45) is 8.92. The van der Waals surface area contributed by atoms with E-state index < -0.39 is 0 Å². The Hall–Kier alpha value is -0.0800. The van der Waals surface area contributed by atoms with Crippen LogP contribution >= 0.6 is 0 Å². The highest BCUT2D eigenvalue weighted by Crippen LogP contribution is 2.61. The molecule has 1 unspecified atom stereocenters. The first kappa shape index (κ1) is 9.17. The van der Waals surface area contributed by atoms with E-state index in [-0.39, 0.29) is 0 Å². The second kappa shape index (κ2) is 2.96. The third-order valence-corrected chi connectivity index (χ3v) is 5.25. The highest BCUT2D eigenvalue weighted by molar-refractivity contribution is 5.04. The van der Waals surface area contributed by atoms with Crippen LogP contribution in [0.1, 0.15) is 45.4 Å². The third kappa shape index (κ3) is 1.17. The van der Waals surface area contributed by atoms with E-state index in [2.05, 4.69) is 12.3 Å². The summed E-state index contributed by atoms with van der Waals surface area (Å²) in [4.78, 5) is 0. The Balaban J connectivity index is 1.87. The number of nitrogens with one attached hydrogen (secondary N) is 1. The molecule has 0 saturated heterocycles. The van der Waals surface area contributed by atoms with Crippen molar-refractivity contribution in [2.45, 2.75) is 51.5 Å². The first-order chi connectivity index (χ1) is 6.72. The van der Waals surface area contributed by atoms with Gasteiger partial charge in [-0.15, -0.1) is 0 Å². The molecule has 80 valence electrons. The van der Waals surface area contributed by atoms with E-state index in [4.69, 9.17) is 5.84 Å². The van der Waals surface area contributed by atoms with Crippen LogP contribution in [-0.2, 0) is 0 Å². The SMILES string of the molecule is CC(NN)C12CC3CC(CC(C3)C1)C2. The molecule has 0 amide bonds. The lowest BCUT2D eigenvalue weighted by Crippen LogP contribution is -2.56. The van der Waals surface area contributed by atoms with Gasteiger partial charge in [-0.1, -0.05) is 0 Å². The Labute approximate surface area is 86.6 Å². The van der Waals surface area contributed by atoms with Crippen molar-refractivity contribution in [1.82, 2.24) is 5.43 Å². The predicted molar refractivity (Wildman–Crippen MR) is 57.4 cm³/mol. The summed E-state index contributed by atoms with van der Waals surface area (Å²) >= 11 is 0. The molecule has 0 aromatic rings. The van der Waals surface area contributed by atoms with E-state index in [0.717, 1.165) is 17.8 Å². The molecule has 4 bridgehead atoms. The Morgan fingerprint density at radius 1 is 1.07 bits per heavy atom. The van der Waals surface area contributed by atoms with Crippen molar-refractivity contribution in [3.8, 4) is 0 Å². The summed E-state index contributed by atoms with van der Waals surface area (Å²) in [6.45, 7) is 2.28. The molecule has 1 atom stereocenters. The lowest BCUT2D eigenvalue weighted by atomic mass is 9.48. The summed E-state index contributed by atoms with van der Waals surface area (Å²) < 4.78 is 0. The average Bonchev–Trinajstić information content (AvgIpc) is 2.14. The lowest BCUT2D eigenvalue weighted by Gasteiger charge is -2.58. The number of hydrogen-bond acceptors (Lipinski definition) is 2. The van der Waals surface area contributed by atoms with Gasteiger partial charge in [0.1, 0.15) is 0 Å². The van der Waals surface area contributed by atoms with Gasteiger partial charge in [-0.05, 0) is 68.6 Å². The van der Waals surface area contributed by atoms with Gasteiger partial charge < -0.3 is 0 Å². The van der Waals surface area contributed by atoms with E-state index in [1.807, 2.05) is 0 Å². The summed E-state index contributed by atoms with van der Waals surface area (Å²) in [7, 11) is 0. The summed E-state index contributed by atoms with van der Waals surface area (Å²) in [5.74, 6) is 8.76. The van der Waals surface area contributed by atoms with E-state index in [9.17, 15) is 0 Å². The zero-order chi connectivity index (χ0) is 9.76. The van der Waals surface area contributed by atoms with Crippen LogP contribution in [-0.4, -0.2) is 6.04 Å². The van der Waals surface area contributed by atoms with Crippen LogP contribution in [0.4, 0.5) is 0 Å². The molecule has 4 fully saturated rings. The molecule has 0 aromatic carbocycles. The van der Waals surface area contributed by atoms with Crippen LogP contribution in [0, 0.1) is 23.2 Å². The van der Waals surface area contributed by atoms with Crippen LogP contribution in [0.3, 0.4) is 0 Å². The largest absolute Gasteiger partial charge is 0.271 e. The fourth-order valence-corrected chi connectivity index (χ4v) is 4.88. The van der Waals surface area contributed by atoms with Crippen LogP contribution in [0.2, 0.25) is 0 Å². The fraction of sp³-hybridized carbons (Fsp3) is 1.00. The minimum atomic E-state index is 0.524. The Bertz CT molecular complexity index is 201. The van der Waals surface area contributed by atoms with Gasteiger partial charge in [0.25, 0.3) is 0 Å². The molecule has 0 heterocycles. The van der Waals surface area contributed by atoms with Gasteiger partial charge in [0.2, 0.25) is 0 Å². The van der Waals surface area contributed by atoms with Crippen LogP contribution in [0.15, 0.2) is 0 Å². The Morgan fingerprint density at radius 3 is 1.86 bits per heavy atom. The van der Waals surface area contributed by atoms with Crippen molar-refractivity contribution in [1.29, 1.82) is 0 Å². The van der Waals surface area contributed by atoms with Crippen molar-refractivity contribution in [3.63, 3.8) is 0 Å². The number of hydrogen-bond donors (Lipinski definition) is 2. The standard InChI is InChI=1S/C12H22N2/c1-8(14-13)12-5-9-2-10(6-12)4-11(3-9)7-12/h8-11,14H,2-7,13H2,1H3. The van der Waals surface area contributed by atoms with Gasteiger partial charge in [0.15, 0.2) is 0 Å². The molecule has 4 rings (SSSR count). The topological polar surface area (TPSA) is 38.0 Å². The van der Waals surface area contributed by atoms with Crippen LogP contribution in [0.25, 0.3) is 0 Å². The average molecular weight is 194 g/mol. The van der Waals surface area contributed by atoms with E-state index in [0.29, 0.717) is 11.5 Å². The minimum absolute atomic E-state index is 0.524. The first-order valence-electron chi connectivity index (χ1n) is 6.18. The zero-order valence-electron chi connectivity index (χ0n) is 9.13. The van der Waals surface area contributed by atoms with Gasteiger partial charge in [0, 0.05) is 6.04 Å². The third-order valence-electron chi connectivity index (χ3n) is 5.25. The van der Waals surface area contributed by atoms with Crippen molar-refractivity contribution in [3.05, 3.63) is 0 Å². The highest BCUT2D eigenvalue weighted by atomic mass is 15.2. The Kier molecular flexibility index (Phi) is 1.94. The molecule has 2 heteroatoms. The maximum absolute atomic E-state index is 5.64. The van der Waals surface area contributed by atoms with Gasteiger partial charge in [0.05, 0.1) is 0 Å². The van der Waals surface area contributed by atoms with Gasteiger partial charge in [-0.25, -0.2) is 0 Å². The molecule has 2 nitrogen and oxygen atoms in total. The van der Waals surface area contributed by atoms with Gasteiger partial charge >= 0.3 is 0 Å². The molecule has 0 spiro atoms. The summed E-state index contributed by atoms with van der Waals surface area (Å²) in [5, 5.41) is 0. The maximum Gasteiger partial charge on any atom is 0.0238 e. The zero-order valence-corrected chi connectivity index (χ0v) is 9.13. The summed E-state index contributed by atoms with van der Waals surface area (Å²) in [5.41, 5.74) is 3.59. The van der Waals surface area contributed by atoms with Gasteiger partial charge in [-0.3, -0.25) is 11.3 Å². The van der Waals surface area contributed by atoms with E-state index in [1.54, 1.807) is 0 Å². The monoisotopic (exact) mass is 194 g/mol. The summed E-state index contributed by atoms with van der Waals surface area (Å²) in [6, 6.07) is 0.524. The van der Waals surface area contributed by atoms with Crippen molar-refractivity contribution in [2.75, 3.05) is 0 Å². The van der Waals surface area contributed by atoms with Gasteiger partial charge in [-0.2, -0.15) is 0 Å². The Morgan fingerprint density at radius 2 is 1.50 bits per heavy atom. The van der Waals surface area contributed by atoms with E-state index in [1.165, 1.54) is 38.5 Å². The molecule has 4 saturated carbocycles. The molecule has 0 radical (unpaired) electrons. The quantitative estimate of drug-likeness (QED) is 0.521. The van der Waals surface area contributed by atoms with Crippen LogP contribution in [0.5, 0.6) is 0 Å². The molecule has 0 aromatic heterocycles. The van der Waals surface area contributed by atoms with Crippen LogP contribution < -0.4 is 11.3 Å². The first-order valence-corrected chi connectivity index (χ1v) is 6.18. The lowest BCUT2D eigenvalue weighted by molar-refractivity contribution is -0.0703. The molecule has 4 aliphatic rings. The molecular formula is C12H22N2. The van der Waals surface area contributed by atoms with Crippen molar-refractivity contribution < 1.29 is 0 Å². The normalized spacial score (nSPS) is 52.3. The number of rotatable bonds is 2. The molecule has 14 heavy (non-hydrogen) atoms. The predicted octanol–water partition coefficient (Wildman–Crippen LogP) is 2.05. The minimum Gasteiger partial charge on any atom is -0.271 e. The van der Waals surface area contributed by atoms with Crippen molar-refractivity contribution >= 4 is 0 Å². The molecule has 3 N–H and O–H groups in total. The second-order valence-corrected chi connectivity index (χ2v) is 6.17. The molecule has 0 aliphatic heterocycles. The number of nitrogens with two attached hydrogens (primary N) is 1.